The minimum Gasteiger partial charge on any atom is -0.476 e. The second kappa shape index (κ2) is 6.71. The fraction of sp³-hybridized carbons (Fsp3) is 0.312. The lowest BCUT2D eigenvalue weighted by atomic mass is 10.0. The Morgan fingerprint density at radius 3 is 2.68 bits per heavy atom. The van der Waals surface area contributed by atoms with E-state index in [4.69, 9.17) is 10.8 Å². The number of primary amides is 1. The Kier molecular flexibility index (Phi) is 4.46. The Balaban J connectivity index is 1.76. The number of carboxylic acids is 1. The third kappa shape index (κ3) is 3.49. The van der Waals surface area contributed by atoms with Gasteiger partial charge >= 0.3 is 5.97 Å². The summed E-state index contributed by atoms with van der Waals surface area (Å²) >= 11 is 0. The molecule has 1 unspecified atom stereocenters. The van der Waals surface area contributed by atoms with E-state index < -0.39 is 11.9 Å². The van der Waals surface area contributed by atoms with Crippen LogP contribution < -0.4 is 5.73 Å². The van der Waals surface area contributed by atoms with Gasteiger partial charge in [-0.2, -0.15) is 0 Å². The van der Waals surface area contributed by atoms with Crippen molar-refractivity contribution < 1.29 is 19.5 Å². The lowest BCUT2D eigenvalue weighted by Crippen LogP contribution is -2.41. The number of carbonyl (C=O) groups is 3. The van der Waals surface area contributed by atoms with Gasteiger partial charge in [0.2, 0.25) is 5.91 Å². The Morgan fingerprint density at radius 1 is 1.24 bits per heavy atom. The number of rotatable bonds is 4. The zero-order chi connectivity index (χ0) is 18.0. The van der Waals surface area contributed by atoms with Crippen LogP contribution in [0, 0.1) is 0 Å². The zero-order valence-corrected chi connectivity index (χ0v) is 13.3. The van der Waals surface area contributed by atoms with E-state index in [2.05, 4.69) is 10.3 Å². The Labute approximate surface area is 143 Å². The van der Waals surface area contributed by atoms with Gasteiger partial charge in [0.1, 0.15) is 0 Å². The van der Waals surface area contributed by atoms with Crippen molar-refractivity contribution in [2.45, 2.75) is 18.9 Å². The number of hydrogen-bond acceptors (Lipinski definition) is 5. The molecule has 0 spiro atoms. The number of piperidine rings is 1. The average molecular weight is 343 g/mol. The van der Waals surface area contributed by atoms with Crippen LogP contribution >= 0.6 is 0 Å². The standard InChI is InChI=1S/C16H17N5O4/c17-14(22)10-3-1-4-11(7-10)15(23)20-6-2-5-12(8-20)21-9-13(16(24)25)18-19-21/h1,3-4,7,9,12H,2,5-6,8H2,(H2,17,22)(H,24,25). The Morgan fingerprint density at radius 2 is 2.00 bits per heavy atom. The molecule has 3 N–H and O–H groups in total. The first-order valence-electron chi connectivity index (χ1n) is 7.80. The maximum Gasteiger partial charge on any atom is 0.358 e. The van der Waals surface area contributed by atoms with Crippen molar-refractivity contribution in [2.75, 3.05) is 13.1 Å². The van der Waals surface area contributed by atoms with Gasteiger partial charge in [0, 0.05) is 24.2 Å². The van der Waals surface area contributed by atoms with Gasteiger partial charge in [0.05, 0.1) is 12.2 Å². The third-order valence-corrected chi connectivity index (χ3v) is 4.18. The molecule has 25 heavy (non-hydrogen) atoms. The van der Waals surface area contributed by atoms with Crippen molar-refractivity contribution in [1.29, 1.82) is 0 Å². The first-order valence-corrected chi connectivity index (χ1v) is 7.80. The van der Waals surface area contributed by atoms with E-state index in [1.54, 1.807) is 23.1 Å². The summed E-state index contributed by atoms with van der Waals surface area (Å²) in [5, 5.41) is 16.4. The molecule has 0 aliphatic carbocycles. The SMILES string of the molecule is NC(=O)c1cccc(C(=O)N2CCCC(n3cc(C(=O)O)nn3)C2)c1. The monoisotopic (exact) mass is 343 g/mol. The topological polar surface area (TPSA) is 131 Å². The molecule has 3 rings (SSSR count). The summed E-state index contributed by atoms with van der Waals surface area (Å²) in [5.74, 6) is -1.93. The van der Waals surface area contributed by atoms with Crippen molar-refractivity contribution in [3.05, 3.63) is 47.3 Å². The number of nitrogens with zero attached hydrogens (tertiary/aromatic N) is 4. The number of aromatic nitrogens is 3. The maximum atomic E-state index is 12.7. The summed E-state index contributed by atoms with van der Waals surface area (Å²) < 4.78 is 1.49. The number of nitrogens with two attached hydrogens (primary N) is 1. The highest BCUT2D eigenvalue weighted by Crippen LogP contribution is 2.22. The highest BCUT2D eigenvalue weighted by Gasteiger charge is 2.27. The van der Waals surface area contributed by atoms with Gasteiger partial charge in [-0.05, 0) is 31.0 Å². The van der Waals surface area contributed by atoms with E-state index in [-0.39, 0.29) is 23.2 Å². The van der Waals surface area contributed by atoms with Crippen LogP contribution in [0.5, 0.6) is 0 Å². The zero-order valence-electron chi connectivity index (χ0n) is 13.3. The molecule has 0 bridgehead atoms. The molecule has 1 aromatic heterocycles. The number of amides is 2. The second-order valence-corrected chi connectivity index (χ2v) is 5.88. The number of likely N-dealkylation sites (tertiary alicyclic amines) is 1. The molecule has 1 atom stereocenters. The number of carbonyl (C=O) groups excluding carboxylic acids is 2. The molecule has 1 aliphatic heterocycles. The van der Waals surface area contributed by atoms with Gasteiger partial charge in [0.25, 0.3) is 5.91 Å². The van der Waals surface area contributed by atoms with Crippen molar-refractivity contribution in [2.24, 2.45) is 5.73 Å². The average Bonchev–Trinajstić information content (AvgIpc) is 3.12. The minimum absolute atomic E-state index is 0.127. The molecule has 0 radical (unpaired) electrons. The summed E-state index contributed by atoms with van der Waals surface area (Å²) in [7, 11) is 0. The van der Waals surface area contributed by atoms with E-state index in [9.17, 15) is 14.4 Å². The smallest absolute Gasteiger partial charge is 0.358 e. The molecule has 2 heterocycles. The number of hydrogen-bond donors (Lipinski definition) is 2. The molecule has 130 valence electrons. The van der Waals surface area contributed by atoms with Gasteiger partial charge in [0.15, 0.2) is 5.69 Å². The maximum absolute atomic E-state index is 12.7. The Hall–Kier alpha value is -3.23. The molecule has 1 aromatic carbocycles. The van der Waals surface area contributed by atoms with Crippen LogP contribution in [0.25, 0.3) is 0 Å². The summed E-state index contributed by atoms with van der Waals surface area (Å²) in [5.41, 5.74) is 5.80. The number of aromatic carboxylic acids is 1. The molecular weight excluding hydrogens is 326 g/mol. The highest BCUT2D eigenvalue weighted by molar-refractivity contribution is 5.99. The van der Waals surface area contributed by atoms with E-state index in [1.807, 2.05) is 0 Å². The van der Waals surface area contributed by atoms with E-state index in [0.717, 1.165) is 12.8 Å². The fourth-order valence-electron chi connectivity index (χ4n) is 2.90. The fourth-order valence-corrected chi connectivity index (χ4v) is 2.90. The number of benzene rings is 1. The lowest BCUT2D eigenvalue weighted by Gasteiger charge is -2.32. The van der Waals surface area contributed by atoms with Crippen molar-refractivity contribution in [3.63, 3.8) is 0 Å². The van der Waals surface area contributed by atoms with E-state index in [0.29, 0.717) is 18.7 Å². The predicted molar refractivity (Wildman–Crippen MR) is 86.1 cm³/mol. The summed E-state index contributed by atoms with van der Waals surface area (Å²) in [6, 6.07) is 6.15. The minimum atomic E-state index is -1.14. The van der Waals surface area contributed by atoms with Gasteiger partial charge < -0.3 is 15.7 Å². The van der Waals surface area contributed by atoms with Crippen LogP contribution in [0.2, 0.25) is 0 Å². The van der Waals surface area contributed by atoms with Crippen molar-refractivity contribution >= 4 is 17.8 Å². The van der Waals surface area contributed by atoms with Crippen molar-refractivity contribution in [1.82, 2.24) is 19.9 Å². The van der Waals surface area contributed by atoms with Crippen LogP contribution in [-0.4, -0.2) is 55.9 Å². The molecule has 1 saturated heterocycles. The molecule has 9 nitrogen and oxygen atoms in total. The molecule has 2 aromatic rings. The van der Waals surface area contributed by atoms with Crippen LogP contribution in [-0.2, 0) is 0 Å². The second-order valence-electron chi connectivity index (χ2n) is 5.88. The van der Waals surface area contributed by atoms with Crippen LogP contribution in [0.1, 0.15) is 50.1 Å². The van der Waals surface area contributed by atoms with Crippen LogP contribution in [0.15, 0.2) is 30.5 Å². The van der Waals surface area contributed by atoms with Gasteiger partial charge in [-0.15, -0.1) is 5.10 Å². The first kappa shape index (κ1) is 16.6. The molecule has 2 amide bonds. The quantitative estimate of drug-likeness (QED) is 0.833. The van der Waals surface area contributed by atoms with Gasteiger partial charge in [-0.1, -0.05) is 11.3 Å². The molecule has 9 heteroatoms. The largest absolute Gasteiger partial charge is 0.476 e. The predicted octanol–water partition coefficient (Wildman–Crippen LogP) is 0.552. The van der Waals surface area contributed by atoms with Gasteiger partial charge in [-0.3, -0.25) is 9.59 Å². The Bertz CT molecular complexity index is 831. The number of carboxylic acid groups (broad SMARTS) is 1. The summed E-state index contributed by atoms with van der Waals surface area (Å²) in [6.07, 6.45) is 2.90. The first-order chi connectivity index (χ1) is 12.0. The lowest BCUT2D eigenvalue weighted by molar-refractivity contribution is 0.0666. The molecular formula is C16H17N5O4. The summed E-state index contributed by atoms with van der Waals surface area (Å²) in [4.78, 5) is 36.6. The molecule has 0 saturated carbocycles. The van der Waals surface area contributed by atoms with Gasteiger partial charge in [-0.25, -0.2) is 9.48 Å². The molecule has 1 fully saturated rings. The third-order valence-electron chi connectivity index (χ3n) is 4.18. The summed E-state index contributed by atoms with van der Waals surface area (Å²) in [6.45, 7) is 0.971. The van der Waals surface area contributed by atoms with E-state index in [1.165, 1.54) is 16.9 Å². The van der Waals surface area contributed by atoms with Crippen molar-refractivity contribution in [3.8, 4) is 0 Å². The van der Waals surface area contributed by atoms with E-state index >= 15 is 0 Å². The van der Waals surface area contributed by atoms with Crippen LogP contribution in [0.4, 0.5) is 0 Å². The van der Waals surface area contributed by atoms with Crippen LogP contribution in [0.3, 0.4) is 0 Å². The highest BCUT2D eigenvalue weighted by atomic mass is 16.4. The molecule has 1 aliphatic rings. The normalized spacial score (nSPS) is 17.3.